The lowest BCUT2D eigenvalue weighted by atomic mass is 10.1. The molecule has 0 spiro atoms. The fraction of sp³-hybridized carbons (Fsp3) is 0.0400. The lowest BCUT2D eigenvalue weighted by Gasteiger charge is -2.12. The van der Waals surface area contributed by atoms with Gasteiger partial charge in [0, 0.05) is 46.3 Å². The van der Waals surface area contributed by atoms with Crippen LogP contribution in [0.15, 0.2) is 85.5 Å². The second kappa shape index (κ2) is 9.21. The number of anilines is 4. The van der Waals surface area contributed by atoms with Gasteiger partial charge in [-0.1, -0.05) is 23.7 Å². The highest BCUT2D eigenvalue weighted by molar-refractivity contribution is 6.30. The predicted octanol–water partition coefficient (Wildman–Crippen LogP) is 6.07. The largest absolute Gasteiger partial charge is 0.340 e. The van der Waals surface area contributed by atoms with Gasteiger partial charge in [0.05, 0.1) is 11.7 Å². The fourth-order valence-corrected chi connectivity index (χ4v) is 3.67. The van der Waals surface area contributed by atoms with Crippen LogP contribution in [-0.2, 0) is 7.05 Å². The third-order valence-corrected chi connectivity index (χ3v) is 5.41. The van der Waals surface area contributed by atoms with Crippen molar-refractivity contribution < 1.29 is 4.79 Å². The molecule has 3 N–H and O–H groups in total. The molecule has 2 amide bonds. The van der Waals surface area contributed by atoms with Gasteiger partial charge in [0.2, 0.25) is 0 Å². The summed E-state index contributed by atoms with van der Waals surface area (Å²) >= 11 is 5.89. The molecule has 0 saturated heterocycles. The maximum Gasteiger partial charge on any atom is 0.323 e. The number of hydrogen-bond donors (Lipinski definition) is 3. The molecule has 8 nitrogen and oxygen atoms in total. The number of aromatic nitrogens is 4. The SMILES string of the molecule is Cn1cc(-c2ccc3c(Nc4cccc(NC(=O)Nc5ccc(Cl)cc5)c4)ncnc3c2)cn1. The Bertz CT molecular complexity index is 1480. The van der Waals surface area contributed by atoms with Crippen molar-refractivity contribution in [2.75, 3.05) is 16.0 Å². The van der Waals surface area contributed by atoms with Crippen molar-refractivity contribution in [2.24, 2.45) is 7.05 Å². The minimum atomic E-state index is -0.352. The summed E-state index contributed by atoms with van der Waals surface area (Å²) in [6.45, 7) is 0. The molecule has 0 fully saturated rings. The quantitative estimate of drug-likeness (QED) is 0.290. The van der Waals surface area contributed by atoms with Crippen LogP contribution in [0, 0.1) is 0 Å². The average Bonchev–Trinajstić information content (AvgIpc) is 3.27. The second-order valence-corrected chi connectivity index (χ2v) is 8.09. The molecule has 0 radical (unpaired) electrons. The van der Waals surface area contributed by atoms with E-state index in [1.807, 2.05) is 61.9 Å². The first-order chi connectivity index (χ1) is 16.5. The Morgan fingerprint density at radius 2 is 1.68 bits per heavy atom. The Morgan fingerprint density at radius 1 is 0.882 bits per heavy atom. The third-order valence-electron chi connectivity index (χ3n) is 5.16. The van der Waals surface area contributed by atoms with Crippen LogP contribution < -0.4 is 16.0 Å². The summed E-state index contributed by atoms with van der Waals surface area (Å²) < 4.78 is 1.77. The van der Waals surface area contributed by atoms with Gasteiger partial charge in [-0.2, -0.15) is 5.10 Å². The molecular formula is C25H20ClN7O. The maximum atomic E-state index is 12.4. The van der Waals surface area contributed by atoms with Crippen molar-refractivity contribution in [2.45, 2.75) is 0 Å². The normalized spacial score (nSPS) is 10.8. The minimum Gasteiger partial charge on any atom is -0.340 e. The number of hydrogen-bond acceptors (Lipinski definition) is 5. The summed E-state index contributed by atoms with van der Waals surface area (Å²) in [6, 6.07) is 20.0. The highest BCUT2D eigenvalue weighted by Gasteiger charge is 2.09. The standard InChI is InChI=1S/C25H20ClN7O/c1-33-14-17(13-29-33)16-5-10-22-23(11-16)27-15-28-24(22)30-20-3-2-4-21(12-20)32-25(34)31-19-8-6-18(26)7-9-19/h2-15H,1H3,(H,27,28,30)(H2,31,32,34). The smallest absolute Gasteiger partial charge is 0.323 e. The Hall–Kier alpha value is -4.43. The van der Waals surface area contributed by atoms with Crippen LogP contribution in [0.5, 0.6) is 0 Å². The van der Waals surface area contributed by atoms with E-state index in [1.54, 1.807) is 28.9 Å². The summed E-state index contributed by atoms with van der Waals surface area (Å²) in [6.07, 6.45) is 5.31. The summed E-state index contributed by atoms with van der Waals surface area (Å²) in [5.41, 5.74) is 4.93. The van der Waals surface area contributed by atoms with Gasteiger partial charge in [-0.25, -0.2) is 14.8 Å². The van der Waals surface area contributed by atoms with Gasteiger partial charge >= 0.3 is 6.03 Å². The van der Waals surface area contributed by atoms with Gasteiger partial charge < -0.3 is 16.0 Å². The molecule has 0 unspecified atom stereocenters. The molecule has 0 aliphatic heterocycles. The summed E-state index contributed by atoms with van der Waals surface area (Å²) in [4.78, 5) is 21.2. The van der Waals surface area contributed by atoms with Crippen LogP contribution in [0.3, 0.4) is 0 Å². The van der Waals surface area contributed by atoms with Gasteiger partial charge in [-0.15, -0.1) is 0 Å². The number of aryl methyl sites for hydroxylation is 1. The Labute approximate surface area is 200 Å². The maximum absolute atomic E-state index is 12.4. The van der Waals surface area contributed by atoms with E-state index >= 15 is 0 Å². The zero-order chi connectivity index (χ0) is 23.5. The van der Waals surface area contributed by atoms with E-state index in [0.29, 0.717) is 22.2 Å². The third kappa shape index (κ3) is 4.82. The molecule has 0 atom stereocenters. The minimum absolute atomic E-state index is 0.352. The number of amides is 2. The van der Waals surface area contributed by atoms with E-state index in [9.17, 15) is 4.79 Å². The van der Waals surface area contributed by atoms with Gasteiger partial charge in [0.25, 0.3) is 0 Å². The van der Waals surface area contributed by atoms with Crippen molar-refractivity contribution in [3.63, 3.8) is 0 Å². The van der Waals surface area contributed by atoms with Crippen molar-refractivity contribution >= 4 is 51.4 Å². The number of carbonyl (C=O) groups excluding carboxylic acids is 1. The summed E-state index contributed by atoms with van der Waals surface area (Å²) in [5.74, 6) is 0.672. The summed E-state index contributed by atoms with van der Waals surface area (Å²) in [7, 11) is 1.89. The van der Waals surface area contributed by atoms with Gasteiger partial charge in [0.15, 0.2) is 0 Å². The van der Waals surface area contributed by atoms with Crippen molar-refractivity contribution in [3.8, 4) is 11.1 Å². The van der Waals surface area contributed by atoms with E-state index in [1.165, 1.54) is 6.33 Å². The highest BCUT2D eigenvalue weighted by Crippen LogP contribution is 2.28. The first-order valence-corrected chi connectivity index (χ1v) is 10.9. The number of benzene rings is 3. The molecule has 0 bridgehead atoms. The zero-order valence-electron chi connectivity index (χ0n) is 18.2. The van der Waals surface area contributed by atoms with Crippen molar-refractivity contribution in [1.29, 1.82) is 0 Å². The monoisotopic (exact) mass is 469 g/mol. The molecule has 0 saturated carbocycles. The molecule has 2 aromatic heterocycles. The molecule has 5 rings (SSSR count). The number of carbonyl (C=O) groups is 1. The molecule has 2 heterocycles. The Balaban J connectivity index is 1.33. The van der Waals surface area contributed by atoms with E-state index in [4.69, 9.17) is 11.6 Å². The number of nitrogens with one attached hydrogen (secondary N) is 3. The first kappa shape index (κ1) is 21.4. The lowest BCUT2D eigenvalue weighted by Crippen LogP contribution is -2.19. The number of fused-ring (bicyclic) bond motifs is 1. The Morgan fingerprint density at radius 3 is 2.47 bits per heavy atom. The molecule has 3 aromatic carbocycles. The van der Waals surface area contributed by atoms with Crippen LogP contribution in [0.2, 0.25) is 5.02 Å². The summed E-state index contributed by atoms with van der Waals surface area (Å²) in [5, 5.41) is 14.7. The van der Waals surface area contributed by atoms with Gasteiger partial charge in [-0.05, 0) is 60.2 Å². The number of halogens is 1. The molecule has 168 valence electrons. The number of nitrogens with zero attached hydrogens (tertiary/aromatic N) is 4. The Kier molecular flexibility index (Phi) is 5.80. The van der Waals surface area contributed by atoms with E-state index in [0.717, 1.165) is 27.7 Å². The van der Waals surface area contributed by atoms with E-state index < -0.39 is 0 Å². The molecule has 34 heavy (non-hydrogen) atoms. The number of rotatable bonds is 5. The van der Waals surface area contributed by atoms with E-state index in [-0.39, 0.29) is 6.03 Å². The van der Waals surface area contributed by atoms with Crippen LogP contribution >= 0.6 is 11.6 Å². The van der Waals surface area contributed by atoms with Crippen LogP contribution in [-0.4, -0.2) is 25.8 Å². The molecule has 0 aliphatic rings. The van der Waals surface area contributed by atoms with Crippen molar-refractivity contribution in [1.82, 2.24) is 19.7 Å². The molecular weight excluding hydrogens is 450 g/mol. The number of urea groups is 1. The fourth-order valence-electron chi connectivity index (χ4n) is 3.54. The van der Waals surface area contributed by atoms with Crippen LogP contribution in [0.25, 0.3) is 22.0 Å². The molecule has 9 heteroatoms. The van der Waals surface area contributed by atoms with Crippen LogP contribution in [0.1, 0.15) is 0 Å². The van der Waals surface area contributed by atoms with Crippen molar-refractivity contribution in [3.05, 3.63) is 90.5 Å². The first-order valence-electron chi connectivity index (χ1n) is 10.5. The average molecular weight is 470 g/mol. The molecule has 0 aliphatic carbocycles. The second-order valence-electron chi connectivity index (χ2n) is 7.65. The zero-order valence-corrected chi connectivity index (χ0v) is 18.9. The topological polar surface area (TPSA) is 96.8 Å². The van der Waals surface area contributed by atoms with Crippen LogP contribution in [0.4, 0.5) is 27.7 Å². The van der Waals surface area contributed by atoms with Gasteiger partial charge in [-0.3, -0.25) is 4.68 Å². The molecule has 5 aromatic rings. The predicted molar refractivity (Wildman–Crippen MR) is 136 cm³/mol. The lowest BCUT2D eigenvalue weighted by molar-refractivity contribution is 0.262. The highest BCUT2D eigenvalue weighted by atomic mass is 35.5. The van der Waals surface area contributed by atoms with Gasteiger partial charge in [0.1, 0.15) is 12.1 Å². The van der Waals surface area contributed by atoms with E-state index in [2.05, 4.69) is 31.0 Å².